The second-order valence-electron chi connectivity index (χ2n) is 4.85. The minimum Gasteiger partial charge on any atom is -0.399 e. The highest BCUT2D eigenvalue weighted by molar-refractivity contribution is 9.10. The van der Waals surface area contributed by atoms with E-state index in [1.54, 1.807) is 6.07 Å². The van der Waals surface area contributed by atoms with Gasteiger partial charge in [0.25, 0.3) is 0 Å². The minimum absolute atomic E-state index is 0.689. The molecule has 102 valence electrons. The van der Waals surface area contributed by atoms with Gasteiger partial charge in [0, 0.05) is 38.3 Å². The summed E-state index contributed by atoms with van der Waals surface area (Å²) in [6, 6.07) is 14.0. The summed E-state index contributed by atoms with van der Waals surface area (Å²) in [7, 11) is 0. The quantitative estimate of drug-likeness (QED) is 0.649. The average molecular weight is 350 g/mol. The molecule has 0 aliphatic heterocycles. The summed E-state index contributed by atoms with van der Waals surface area (Å²) in [4.78, 5) is 0. The molecule has 0 radical (unpaired) electrons. The van der Waals surface area contributed by atoms with Gasteiger partial charge >= 0.3 is 0 Å². The topological polar surface area (TPSA) is 30.9 Å². The van der Waals surface area contributed by atoms with Crippen LogP contribution in [0.25, 0.3) is 10.9 Å². The van der Waals surface area contributed by atoms with Gasteiger partial charge in [0.2, 0.25) is 0 Å². The molecule has 2 nitrogen and oxygen atoms in total. The Morgan fingerprint density at radius 1 is 1.20 bits per heavy atom. The first-order valence-electron chi connectivity index (χ1n) is 6.35. The zero-order valence-corrected chi connectivity index (χ0v) is 13.4. The number of hydrogen-bond acceptors (Lipinski definition) is 1. The van der Waals surface area contributed by atoms with Crippen LogP contribution in [0, 0.1) is 6.92 Å². The molecular weight excluding hydrogens is 336 g/mol. The summed E-state index contributed by atoms with van der Waals surface area (Å²) in [6.45, 7) is 2.84. The summed E-state index contributed by atoms with van der Waals surface area (Å²) in [5.74, 6) is 0. The third-order valence-corrected chi connectivity index (χ3v) is 4.91. The lowest BCUT2D eigenvalue weighted by Crippen LogP contribution is -2.02. The number of para-hydroxylation sites is 1. The van der Waals surface area contributed by atoms with Gasteiger partial charge in [-0.3, -0.25) is 0 Å². The third kappa shape index (κ3) is 2.21. The number of rotatable bonds is 2. The van der Waals surface area contributed by atoms with Gasteiger partial charge in [0.1, 0.15) is 0 Å². The molecule has 1 aromatic heterocycles. The zero-order valence-electron chi connectivity index (χ0n) is 11.0. The van der Waals surface area contributed by atoms with Crippen LogP contribution in [0.15, 0.2) is 46.9 Å². The molecule has 0 fully saturated rings. The Bertz CT molecular complexity index is 793. The van der Waals surface area contributed by atoms with Crippen LogP contribution in [-0.2, 0) is 6.54 Å². The molecule has 0 saturated carbocycles. The van der Waals surface area contributed by atoms with Crippen LogP contribution in [0.2, 0.25) is 5.02 Å². The molecule has 0 aliphatic rings. The molecule has 0 atom stereocenters. The summed E-state index contributed by atoms with van der Waals surface area (Å²) >= 11 is 9.96. The van der Waals surface area contributed by atoms with Crippen LogP contribution in [0.4, 0.5) is 5.69 Å². The van der Waals surface area contributed by atoms with Crippen LogP contribution < -0.4 is 5.73 Å². The molecule has 0 saturated heterocycles. The Balaban J connectivity index is 2.13. The first kappa shape index (κ1) is 13.5. The highest BCUT2D eigenvalue weighted by atomic mass is 79.9. The molecule has 2 N–H and O–H groups in total. The normalized spacial score (nSPS) is 11.2. The second-order valence-corrected chi connectivity index (χ2v) is 6.05. The van der Waals surface area contributed by atoms with Gasteiger partial charge in [-0.25, -0.2) is 0 Å². The lowest BCUT2D eigenvalue weighted by molar-refractivity contribution is 0.803. The first-order chi connectivity index (χ1) is 9.58. The van der Waals surface area contributed by atoms with E-state index in [0.29, 0.717) is 10.7 Å². The molecule has 3 aromatic rings. The Morgan fingerprint density at radius 3 is 2.70 bits per heavy atom. The molecule has 2 aromatic carbocycles. The van der Waals surface area contributed by atoms with E-state index in [0.717, 1.165) is 16.6 Å². The maximum atomic E-state index is 6.28. The van der Waals surface area contributed by atoms with E-state index in [4.69, 9.17) is 17.3 Å². The number of halogens is 2. The lowest BCUT2D eigenvalue weighted by atomic mass is 10.2. The number of anilines is 1. The average Bonchev–Trinajstić information content (AvgIpc) is 2.67. The van der Waals surface area contributed by atoms with Gasteiger partial charge in [-0.05, 0) is 46.6 Å². The van der Waals surface area contributed by atoms with Gasteiger partial charge in [-0.2, -0.15) is 0 Å². The van der Waals surface area contributed by atoms with E-state index < -0.39 is 0 Å². The minimum atomic E-state index is 0.689. The highest BCUT2D eigenvalue weighted by Gasteiger charge is 2.12. The lowest BCUT2D eigenvalue weighted by Gasteiger charge is -2.10. The van der Waals surface area contributed by atoms with E-state index in [9.17, 15) is 0 Å². The molecule has 3 rings (SSSR count). The summed E-state index contributed by atoms with van der Waals surface area (Å²) in [6.07, 6.45) is 0. The van der Waals surface area contributed by atoms with Crippen molar-refractivity contribution in [3.05, 3.63) is 63.2 Å². The maximum absolute atomic E-state index is 6.28. The van der Waals surface area contributed by atoms with Crippen LogP contribution in [0.5, 0.6) is 0 Å². The SMILES string of the molecule is Cc1c(Br)c2ccccc2n1Cc1ccc(N)cc1Cl. The molecule has 0 amide bonds. The number of nitrogens with zero attached hydrogens (tertiary/aromatic N) is 1. The first-order valence-corrected chi connectivity index (χ1v) is 7.52. The second kappa shape index (κ2) is 5.15. The summed E-state index contributed by atoms with van der Waals surface area (Å²) in [5, 5.41) is 1.93. The van der Waals surface area contributed by atoms with Gasteiger partial charge in [0.05, 0.1) is 0 Å². The van der Waals surface area contributed by atoms with Crippen LogP contribution in [0.1, 0.15) is 11.3 Å². The maximum Gasteiger partial charge on any atom is 0.0497 e. The Labute approximate surface area is 131 Å². The molecule has 1 heterocycles. The van der Waals surface area contributed by atoms with Crippen molar-refractivity contribution < 1.29 is 0 Å². The number of benzene rings is 2. The number of fused-ring (bicyclic) bond motifs is 1. The largest absolute Gasteiger partial charge is 0.399 e. The van der Waals surface area contributed by atoms with Crippen molar-refractivity contribution in [1.82, 2.24) is 4.57 Å². The van der Waals surface area contributed by atoms with Gasteiger partial charge in [-0.15, -0.1) is 0 Å². The van der Waals surface area contributed by atoms with E-state index in [1.165, 1.54) is 16.6 Å². The number of hydrogen-bond donors (Lipinski definition) is 1. The van der Waals surface area contributed by atoms with Crippen molar-refractivity contribution in [2.45, 2.75) is 13.5 Å². The van der Waals surface area contributed by atoms with E-state index in [-0.39, 0.29) is 0 Å². The molecule has 0 bridgehead atoms. The van der Waals surface area contributed by atoms with Crippen molar-refractivity contribution in [3.8, 4) is 0 Å². The van der Waals surface area contributed by atoms with E-state index >= 15 is 0 Å². The van der Waals surface area contributed by atoms with Crippen molar-refractivity contribution in [1.29, 1.82) is 0 Å². The van der Waals surface area contributed by atoms with Crippen molar-refractivity contribution in [2.24, 2.45) is 0 Å². The molecule has 0 spiro atoms. The number of nitrogen functional groups attached to an aromatic ring is 1. The molecular formula is C16H14BrClN2. The van der Waals surface area contributed by atoms with Gasteiger partial charge in [0.15, 0.2) is 0 Å². The predicted molar refractivity (Wildman–Crippen MR) is 89.3 cm³/mol. The standard InChI is InChI=1S/C16H14BrClN2/c1-10-16(17)13-4-2-3-5-15(13)20(10)9-11-6-7-12(19)8-14(11)18/h2-8H,9,19H2,1H3. The number of aromatic nitrogens is 1. The smallest absolute Gasteiger partial charge is 0.0497 e. The van der Waals surface area contributed by atoms with Crippen LogP contribution in [-0.4, -0.2) is 4.57 Å². The predicted octanol–water partition coefficient (Wildman–Crippen LogP) is 5.00. The fourth-order valence-corrected chi connectivity index (χ4v) is 3.25. The van der Waals surface area contributed by atoms with Gasteiger partial charge < -0.3 is 10.3 Å². The number of nitrogens with two attached hydrogens (primary N) is 1. The molecule has 0 aliphatic carbocycles. The van der Waals surface area contributed by atoms with E-state index in [2.05, 4.69) is 45.6 Å². The summed E-state index contributed by atoms with van der Waals surface area (Å²) in [5.41, 5.74) is 9.89. The van der Waals surface area contributed by atoms with Crippen molar-refractivity contribution >= 4 is 44.1 Å². The Hall–Kier alpha value is -1.45. The van der Waals surface area contributed by atoms with Crippen molar-refractivity contribution in [2.75, 3.05) is 5.73 Å². The fraction of sp³-hybridized carbons (Fsp3) is 0.125. The third-order valence-electron chi connectivity index (χ3n) is 3.56. The van der Waals surface area contributed by atoms with Crippen LogP contribution in [0.3, 0.4) is 0 Å². The zero-order chi connectivity index (χ0) is 14.3. The fourth-order valence-electron chi connectivity index (χ4n) is 2.45. The van der Waals surface area contributed by atoms with Crippen LogP contribution >= 0.6 is 27.5 Å². The Kier molecular flexibility index (Phi) is 3.48. The highest BCUT2D eigenvalue weighted by Crippen LogP contribution is 2.32. The van der Waals surface area contributed by atoms with Gasteiger partial charge in [-0.1, -0.05) is 35.9 Å². The molecule has 4 heteroatoms. The van der Waals surface area contributed by atoms with E-state index in [1.807, 2.05) is 18.2 Å². The molecule has 0 unspecified atom stereocenters. The molecule has 20 heavy (non-hydrogen) atoms. The Morgan fingerprint density at radius 2 is 1.95 bits per heavy atom. The monoisotopic (exact) mass is 348 g/mol. The summed E-state index contributed by atoms with van der Waals surface area (Å²) < 4.78 is 3.40. The van der Waals surface area contributed by atoms with Crippen molar-refractivity contribution in [3.63, 3.8) is 0 Å².